The second kappa shape index (κ2) is 9.51. The van der Waals surface area contributed by atoms with Crippen molar-refractivity contribution in [2.45, 2.75) is 26.4 Å². The molecule has 1 atom stereocenters. The van der Waals surface area contributed by atoms with Crippen LogP contribution in [0, 0.1) is 11.6 Å². The molecule has 0 saturated heterocycles. The fourth-order valence-electron chi connectivity index (χ4n) is 2.21. The molecule has 0 saturated carbocycles. The smallest absolute Gasteiger partial charge is 0.315 e. The van der Waals surface area contributed by atoms with Gasteiger partial charge in [-0.2, -0.15) is 0 Å². The number of nitrogens with one attached hydrogen (secondary N) is 3. The number of halogens is 2. The molecule has 0 fully saturated rings. The lowest BCUT2D eigenvalue weighted by Gasteiger charge is -2.14. The molecular weight excluding hydrogens is 356 g/mol. The fraction of sp³-hybridized carbons (Fsp3) is 0.263. The molecule has 27 heavy (non-hydrogen) atoms. The topological polar surface area (TPSA) is 79.5 Å². The standard InChI is InChI=1S/C19H21F2N3O3/c1-3-22-18(25)12(2)24-19(26)23-11-13-8-9-17(15(21)10-13)27-16-7-5-4-6-14(16)20/h4-10,12H,3,11H2,1-2H3,(H,22,25)(H2,23,24,26). The average Bonchev–Trinajstić information content (AvgIpc) is 2.64. The van der Waals surface area contributed by atoms with E-state index in [1.807, 2.05) is 0 Å². The molecule has 3 N–H and O–H groups in total. The van der Waals surface area contributed by atoms with Gasteiger partial charge in [-0.05, 0) is 43.7 Å². The third-order valence-corrected chi connectivity index (χ3v) is 3.60. The van der Waals surface area contributed by atoms with Crippen LogP contribution >= 0.6 is 0 Å². The molecule has 0 heterocycles. The molecule has 0 aromatic heterocycles. The summed E-state index contributed by atoms with van der Waals surface area (Å²) in [6.45, 7) is 3.84. The second-order valence-corrected chi connectivity index (χ2v) is 5.74. The number of rotatable bonds is 7. The molecule has 2 aromatic rings. The SMILES string of the molecule is CCNC(=O)C(C)NC(=O)NCc1ccc(Oc2ccccc2F)c(F)c1. The summed E-state index contributed by atoms with van der Waals surface area (Å²) in [6, 6.07) is 8.53. The minimum absolute atomic E-state index is 0.0465. The zero-order valence-electron chi connectivity index (χ0n) is 15.0. The van der Waals surface area contributed by atoms with Crippen LogP contribution < -0.4 is 20.7 Å². The lowest BCUT2D eigenvalue weighted by atomic mass is 10.2. The number of carbonyl (C=O) groups excluding carboxylic acids is 2. The monoisotopic (exact) mass is 377 g/mol. The number of hydrogen-bond acceptors (Lipinski definition) is 3. The van der Waals surface area contributed by atoms with Crippen molar-refractivity contribution in [1.82, 2.24) is 16.0 Å². The number of amides is 3. The molecule has 0 bridgehead atoms. The van der Waals surface area contributed by atoms with Crippen molar-refractivity contribution in [2.24, 2.45) is 0 Å². The summed E-state index contributed by atoms with van der Waals surface area (Å²) in [4.78, 5) is 23.4. The van der Waals surface area contributed by atoms with E-state index in [9.17, 15) is 18.4 Å². The lowest BCUT2D eigenvalue weighted by molar-refractivity contribution is -0.122. The average molecular weight is 377 g/mol. The van der Waals surface area contributed by atoms with Gasteiger partial charge in [-0.3, -0.25) is 4.79 Å². The summed E-state index contributed by atoms with van der Waals surface area (Å²) in [6.07, 6.45) is 0. The Morgan fingerprint density at radius 2 is 1.74 bits per heavy atom. The van der Waals surface area contributed by atoms with E-state index in [-0.39, 0.29) is 24.0 Å². The highest BCUT2D eigenvalue weighted by Gasteiger charge is 2.14. The molecule has 6 nitrogen and oxygen atoms in total. The quantitative estimate of drug-likeness (QED) is 0.694. The van der Waals surface area contributed by atoms with Gasteiger partial charge in [-0.1, -0.05) is 18.2 Å². The highest BCUT2D eigenvalue weighted by Crippen LogP contribution is 2.27. The number of hydrogen-bond donors (Lipinski definition) is 3. The van der Waals surface area contributed by atoms with Crippen molar-refractivity contribution in [3.63, 3.8) is 0 Å². The highest BCUT2D eigenvalue weighted by molar-refractivity contribution is 5.86. The number of benzene rings is 2. The first kappa shape index (κ1) is 20.2. The Morgan fingerprint density at radius 1 is 1.04 bits per heavy atom. The Hall–Kier alpha value is -3.16. The van der Waals surface area contributed by atoms with Crippen molar-refractivity contribution in [1.29, 1.82) is 0 Å². The molecule has 0 spiro atoms. The Bertz CT molecular complexity index is 815. The van der Waals surface area contributed by atoms with Gasteiger partial charge in [0.1, 0.15) is 6.04 Å². The van der Waals surface area contributed by atoms with Gasteiger partial charge in [-0.25, -0.2) is 13.6 Å². The number of carbonyl (C=O) groups is 2. The summed E-state index contributed by atoms with van der Waals surface area (Å²) in [5.74, 6) is -1.79. The van der Waals surface area contributed by atoms with Gasteiger partial charge in [0.15, 0.2) is 23.1 Å². The molecule has 144 valence electrons. The van der Waals surface area contributed by atoms with Crippen molar-refractivity contribution >= 4 is 11.9 Å². The van der Waals surface area contributed by atoms with Crippen LogP contribution in [0.2, 0.25) is 0 Å². The maximum atomic E-state index is 14.2. The molecule has 2 aromatic carbocycles. The van der Waals surface area contributed by atoms with Gasteiger partial charge < -0.3 is 20.7 Å². The van der Waals surface area contributed by atoms with Gasteiger partial charge in [0.05, 0.1) is 0 Å². The van der Waals surface area contributed by atoms with E-state index in [0.717, 1.165) is 0 Å². The molecular formula is C19H21F2N3O3. The van der Waals surface area contributed by atoms with Crippen LogP contribution in [0.25, 0.3) is 0 Å². The lowest BCUT2D eigenvalue weighted by Crippen LogP contribution is -2.48. The van der Waals surface area contributed by atoms with E-state index >= 15 is 0 Å². The molecule has 0 aliphatic carbocycles. The third kappa shape index (κ3) is 5.95. The first-order valence-electron chi connectivity index (χ1n) is 8.43. The molecule has 1 unspecified atom stereocenters. The zero-order chi connectivity index (χ0) is 19.8. The molecule has 8 heteroatoms. The van der Waals surface area contributed by atoms with Crippen LogP contribution in [0.5, 0.6) is 11.5 Å². The predicted molar refractivity (Wildman–Crippen MR) is 96.4 cm³/mol. The summed E-state index contributed by atoms with van der Waals surface area (Å²) >= 11 is 0. The summed E-state index contributed by atoms with van der Waals surface area (Å²) in [5, 5.41) is 7.60. The zero-order valence-corrected chi connectivity index (χ0v) is 15.0. The Balaban J connectivity index is 1.91. The van der Waals surface area contributed by atoms with Gasteiger partial charge in [0.25, 0.3) is 0 Å². The molecule has 0 aliphatic heterocycles. The Morgan fingerprint density at radius 3 is 2.41 bits per heavy atom. The van der Waals surface area contributed by atoms with Gasteiger partial charge in [0.2, 0.25) is 5.91 Å². The molecule has 0 radical (unpaired) electrons. The molecule has 3 amide bonds. The summed E-state index contributed by atoms with van der Waals surface area (Å²) in [5.41, 5.74) is 0.481. The number of urea groups is 1. The Labute approximate surface area is 155 Å². The van der Waals surface area contributed by atoms with Crippen LogP contribution in [0.3, 0.4) is 0 Å². The first-order valence-corrected chi connectivity index (χ1v) is 8.43. The van der Waals surface area contributed by atoms with Crippen LogP contribution in [0.4, 0.5) is 13.6 Å². The van der Waals surface area contributed by atoms with Crippen molar-refractivity contribution < 1.29 is 23.1 Å². The molecule has 0 aliphatic rings. The number of likely N-dealkylation sites (N-methyl/N-ethyl adjacent to an activating group) is 1. The summed E-state index contributed by atoms with van der Waals surface area (Å²) < 4.78 is 33.0. The third-order valence-electron chi connectivity index (χ3n) is 3.60. The van der Waals surface area contributed by atoms with Crippen molar-refractivity contribution in [2.75, 3.05) is 6.54 Å². The fourth-order valence-corrected chi connectivity index (χ4v) is 2.21. The minimum atomic E-state index is -0.696. The van der Waals surface area contributed by atoms with E-state index in [4.69, 9.17) is 4.74 Å². The van der Waals surface area contributed by atoms with Gasteiger partial charge in [-0.15, -0.1) is 0 Å². The van der Waals surface area contributed by atoms with Crippen LogP contribution in [-0.4, -0.2) is 24.5 Å². The molecule has 2 rings (SSSR count). The second-order valence-electron chi connectivity index (χ2n) is 5.74. The van der Waals surface area contributed by atoms with Crippen LogP contribution in [0.1, 0.15) is 19.4 Å². The van der Waals surface area contributed by atoms with Crippen LogP contribution in [0.15, 0.2) is 42.5 Å². The van der Waals surface area contributed by atoms with E-state index in [1.165, 1.54) is 30.3 Å². The first-order chi connectivity index (χ1) is 12.9. The van der Waals surface area contributed by atoms with Crippen LogP contribution in [-0.2, 0) is 11.3 Å². The highest BCUT2D eigenvalue weighted by atomic mass is 19.1. The van der Waals surface area contributed by atoms with E-state index in [2.05, 4.69) is 16.0 Å². The maximum Gasteiger partial charge on any atom is 0.315 e. The maximum absolute atomic E-state index is 14.2. The van der Waals surface area contributed by atoms with Crippen molar-refractivity contribution in [3.8, 4) is 11.5 Å². The van der Waals surface area contributed by atoms with Gasteiger partial charge >= 0.3 is 6.03 Å². The Kier molecular flexibility index (Phi) is 7.10. The van der Waals surface area contributed by atoms with E-state index in [1.54, 1.807) is 26.0 Å². The number of ether oxygens (including phenoxy) is 1. The predicted octanol–water partition coefficient (Wildman–Crippen LogP) is 3.08. The summed E-state index contributed by atoms with van der Waals surface area (Å²) in [7, 11) is 0. The van der Waals surface area contributed by atoms with E-state index < -0.39 is 23.7 Å². The number of para-hydroxylation sites is 1. The van der Waals surface area contributed by atoms with Gasteiger partial charge in [0, 0.05) is 13.1 Å². The van der Waals surface area contributed by atoms with Crippen molar-refractivity contribution in [3.05, 3.63) is 59.7 Å². The van der Waals surface area contributed by atoms with E-state index in [0.29, 0.717) is 12.1 Å². The normalized spacial score (nSPS) is 11.4. The largest absolute Gasteiger partial charge is 0.451 e. The minimum Gasteiger partial charge on any atom is -0.451 e.